The van der Waals surface area contributed by atoms with Gasteiger partial charge in [-0.15, -0.1) is 0 Å². The van der Waals surface area contributed by atoms with Gasteiger partial charge in [-0.05, 0) is 31.2 Å². The Morgan fingerprint density at radius 3 is 2.67 bits per heavy atom. The number of fused-ring (bicyclic) bond motifs is 1. The number of rotatable bonds is 2. The highest BCUT2D eigenvalue weighted by Crippen LogP contribution is 2.34. The molecule has 18 heavy (non-hydrogen) atoms. The Hall–Kier alpha value is -1.83. The molecule has 1 aromatic heterocycles. The standard InChI is InChI=1S/C16H18N2/c1-2-12-15(17)13-9-6-10-14(13)18-16(12)11-7-4-3-5-8-11/h3-5,7-8H,2,6,9-10H2,1H3,(H2,17,18). The lowest BCUT2D eigenvalue weighted by Crippen LogP contribution is -2.05. The second kappa shape index (κ2) is 4.45. The third kappa shape index (κ3) is 1.69. The lowest BCUT2D eigenvalue weighted by atomic mass is 9.98. The summed E-state index contributed by atoms with van der Waals surface area (Å²) in [6.45, 7) is 2.15. The van der Waals surface area contributed by atoms with Crippen LogP contribution in [0.4, 0.5) is 5.69 Å². The van der Waals surface area contributed by atoms with Gasteiger partial charge in [-0.2, -0.15) is 0 Å². The predicted molar refractivity (Wildman–Crippen MR) is 75.5 cm³/mol. The molecule has 0 atom stereocenters. The Bertz CT molecular complexity index is 573. The third-order valence-electron chi connectivity index (χ3n) is 3.77. The average molecular weight is 238 g/mol. The largest absolute Gasteiger partial charge is 0.398 e. The summed E-state index contributed by atoms with van der Waals surface area (Å²) in [6, 6.07) is 10.4. The predicted octanol–water partition coefficient (Wildman–Crippen LogP) is 3.38. The number of hydrogen-bond donors (Lipinski definition) is 1. The van der Waals surface area contributed by atoms with Crippen LogP contribution in [0.25, 0.3) is 11.3 Å². The molecular formula is C16H18N2. The van der Waals surface area contributed by atoms with Gasteiger partial charge in [0.1, 0.15) is 0 Å². The molecule has 0 fully saturated rings. The molecule has 3 rings (SSSR count). The van der Waals surface area contributed by atoms with E-state index >= 15 is 0 Å². The topological polar surface area (TPSA) is 38.9 Å². The molecule has 1 aliphatic carbocycles. The molecule has 0 radical (unpaired) electrons. The highest BCUT2D eigenvalue weighted by Gasteiger charge is 2.20. The number of anilines is 1. The fourth-order valence-electron chi connectivity index (χ4n) is 2.85. The summed E-state index contributed by atoms with van der Waals surface area (Å²) < 4.78 is 0. The van der Waals surface area contributed by atoms with Crippen LogP contribution in [0.1, 0.15) is 30.2 Å². The summed E-state index contributed by atoms with van der Waals surface area (Å²) in [5, 5.41) is 0. The van der Waals surface area contributed by atoms with Gasteiger partial charge in [-0.3, -0.25) is 4.98 Å². The van der Waals surface area contributed by atoms with E-state index in [0.29, 0.717) is 0 Å². The molecule has 0 saturated heterocycles. The highest BCUT2D eigenvalue weighted by molar-refractivity contribution is 5.72. The maximum Gasteiger partial charge on any atom is 0.0757 e. The molecule has 0 saturated carbocycles. The summed E-state index contributed by atoms with van der Waals surface area (Å²) in [6.07, 6.45) is 4.30. The number of nitrogens with zero attached hydrogens (tertiary/aromatic N) is 1. The smallest absolute Gasteiger partial charge is 0.0757 e. The van der Waals surface area contributed by atoms with Crippen LogP contribution in [0.15, 0.2) is 30.3 Å². The zero-order chi connectivity index (χ0) is 12.5. The van der Waals surface area contributed by atoms with Gasteiger partial charge < -0.3 is 5.73 Å². The summed E-state index contributed by atoms with van der Waals surface area (Å²) in [4.78, 5) is 4.88. The maximum atomic E-state index is 6.34. The molecule has 1 heterocycles. The van der Waals surface area contributed by atoms with Crippen LogP contribution in [0, 0.1) is 0 Å². The zero-order valence-electron chi connectivity index (χ0n) is 10.7. The number of aromatic nitrogens is 1. The van der Waals surface area contributed by atoms with Crippen LogP contribution in [-0.2, 0) is 19.3 Å². The van der Waals surface area contributed by atoms with E-state index in [1.54, 1.807) is 0 Å². The summed E-state index contributed by atoms with van der Waals surface area (Å²) in [5.41, 5.74) is 13.3. The zero-order valence-corrected chi connectivity index (χ0v) is 10.7. The van der Waals surface area contributed by atoms with Crippen LogP contribution in [0.5, 0.6) is 0 Å². The minimum Gasteiger partial charge on any atom is -0.398 e. The van der Waals surface area contributed by atoms with E-state index in [0.717, 1.165) is 30.6 Å². The number of benzene rings is 1. The van der Waals surface area contributed by atoms with Gasteiger partial charge in [0.15, 0.2) is 0 Å². The van der Waals surface area contributed by atoms with Crippen molar-refractivity contribution >= 4 is 5.69 Å². The van der Waals surface area contributed by atoms with Crippen LogP contribution < -0.4 is 5.73 Å². The van der Waals surface area contributed by atoms with E-state index in [2.05, 4.69) is 31.2 Å². The highest BCUT2D eigenvalue weighted by atomic mass is 14.8. The number of pyridine rings is 1. The van der Waals surface area contributed by atoms with Crippen LogP contribution in [-0.4, -0.2) is 4.98 Å². The van der Waals surface area contributed by atoms with E-state index in [9.17, 15) is 0 Å². The second-order valence-electron chi connectivity index (χ2n) is 4.85. The molecule has 0 spiro atoms. The molecule has 0 bridgehead atoms. The fourth-order valence-corrected chi connectivity index (χ4v) is 2.85. The first-order valence-corrected chi connectivity index (χ1v) is 6.66. The number of aryl methyl sites for hydroxylation is 1. The minimum atomic E-state index is 0.941. The van der Waals surface area contributed by atoms with Crippen LogP contribution in [0.2, 0.25) is 0 Å². The van der Waals surface area contributed by atoms with Crippen LogP contribution in [0.3, 0.4) is 0 Å². The number of nitrogen functional groups attached to an aromatic ring is 1. The van der Waals surface area contributed by atoms with E-state index in [1.807, 2.05) is 6.07 Å². The van der Waals surface area contributed by atoms with Gasteiger partial charge in [-0.1, -0.05) is 37.3 Å². The first kappa shape index (κ1) is 11.3. The Labute approximate surface area is 108 Å². The second-order valence-corrected chi connectivity index (χ2v) is 4.85. The van der Waals surface area contributed by atoms with Gasteiger partial charge in [0.25, 0.3) is 0 Å². The van der Waals surface area contributed by atoms with Crippen molar-refractivity contribution in [1.82, 2.24) is 4.98 Å². The molecule has 2 nitrogen and oxygen atoms in total. The number of nitrogens with two attached hydrogens (primary N) is 1. The van der Waals surface area contributed by atoms with Gasteiger partial charge in [0, 0.05) is 22.5 Å². The fraction of sp³-hybridized carbons (Fsp3) is 0.312. The normalized spacial score (nSPS) is 13.6. The van der Waals surface area contributed by atoms with E-state index in [-0.39, 0.29) is 0 Å². The third-order valence-corrected chi connectivity index (χ3v) is 3.77. The van der Waals surface area contributed by atoms with Crippen molar-refractivity contribution in [3.05, 3.63) is 47.2 Å². The van der Waals surface area contributed by atoms with Crippen molar-refractivity contribution in [3.63, 3.8) is 0 Å². The Balaban J connectivity index is 2.24. The quantitative estimate of drug-likeness (QED) is 0.871. The van der Waals surface area contributed by atoms with Gasteiger partial charge in [0.05, 0.1) is 5.69 Å². The van der Waals surface area contributed by atoms with Crippen molar-refractivity contribution in [2.45, 2.75) is 32.6 Å². The molecule has 0 aliphatic heterocycles. The Morgan fingerprint density at radius 2 is 1.94 bits per heavy atom. The first-order valence-electron chi connectivity index (χ1n) is 6.66. The van der Waals surface area contributed by atoms with Crippen molar-refractivity contribution in [2.75, 3.05) is 5.73 Å². The summed E-state index contributed by atoms with van der Waals surface area (Å²) in [5.74, 6) is 0. The maximum absolute atomic E-state index is 6.34. The van der Waals surface area contributed by atoms with Crippen molar-refractivity contribution in [2.24, 2.45) is 0 Å². The summed E-state index contributed by atoms with van der Waals surface area (Å²) in [7, 11) is 0. The Kier molecular flexibility index (Phi) is 2.78. The van der Waals surface area contributed by atoms with E-state index in [1.165, 1.54) is 28.8 Å². The van der Waals surface area contributed by atoms with Crippen molar-refractivity contribution in [1.29, 1.82) is 0 Å². The van der Waals surface area contributed by atoms with Crippen molar-refractivity contribution in [3.8, 4) is 11.3 Å². The SMILES string of the molecule is CCc1c(-c2ccccc2)nc2c(c1N)CCC2. The van der Waals surface area contributed by atoms with Gasteiger partial charge in [0.2, 0.25) is 0 Å². The molecule has 92 valence electrons. The molecule has 1 aromatic carbocycles. The molecule has 0 amide bonds. The molecule has 1 aliphatic rings. The molecular weight excluding hydrogens is 220 g/mol. The Morgan fingerprint density at radius 1 is 1.17 bits per heavy atom. The lowest BCUT2D eigenvalue weighted by Gasteiger charge is -2.14. The van der Waals surface area contributed by atoms with E-state index in [4.69, 9.17) is 10.7 Å². The van der Waals surface area contributed by atoms with E-state index < -0.39 is 0 Å². The lowest BCUT2D eigenvalue weighted by molar-refractivity contribution is 0.900. The van der Waals surface area contributed by atoms with Crippen LogP contribution >= 0.6 is 0 Å². The van der Waals surface area contributed by atoms with Crippen molar-refractivity contribution < 1.29 is 0 Å². The molecule has 0 unspecified atom stereocenters. The summed E-state index contributed by atoms with van der Waals surface area (Å²) >= 11 is 0. The molecule has 2 N–H and O–H groups in total. The monoisotopic (exact) mass is 238 g/mol. The number of hydrogen-bond acceptors (Lipinski definition) is 2. The molecule has 2 aromatic rings. The molecule has 2 heteroatoms. The van der Waals surface area contributed by atoms with Gasteiger partial charge in [-0.25, -0.2) is 0 Å². The average Bonchev–Trinajstić information content (AvgIpc) is 2.88. The first-order chi connectivity index (χ1) is 8.81. The van der Waals surface area contributed by atoms with Gasteiger partial charge >= 0.3 is 0 Å². The minimum absolute atomic E-state index is 0.941.